The van der Waals surface area contributed by atoms with Crippen molar-refractivity contribution in [1.82, 2.24) is 10.3 Å². The van der Waals surface area contributed by atoms with Crippen molar-refractivity contribution in [2.24, 2.45) is 0 Å². The lowest BCUT2D eigenvalue weighted by atomic mass is 10.1. The number of aromatic amines is 1. The Labute approximate surface area is 106 Å². The predicted octanol–water partition coefficient (Wildman–Crippen LogP) is 1.52. The van der Waals surface area contributed by atoms with E-state index in [1.807, 2.05) is 12.3 Å². The van der Waals surface area contributed by atoms with E-state index >= 15 is 0 Å². The molecule has 1 amide bonds. The number of carbonyl (C=O) groups is 1. The third-order valence-corrected chi connectivity index (χ3v) is 3.08. The molecule has 1 heterocycles. The average molecular weight is 246 g/mol. The summed E-state index contributed by atoms with van der Waals surface area (Å²) < 4.78 is 0. The second kappa shape index (κ2) is 5.23. The fourth-order valence-electron chi connectivity index (χ4n) is 2.04. The quantitative estimate of drug-likeness (QED) is 0.765. The van der Waals surface area contributed by atoms with E-state index in [1.54, 1.807) is 0 Å². The van der Waals surface area contributed by atoms with Gasteiger partial charge in [-0.1, -0.05) is 18.2 Å². The van der Waals surface area contributed by atoms with Crippen molar-refractivity contribution in [3.05, 3.63) is 35.5 Å². The van der Waals surface area contributed by atoms with Crippen LogP contribution in [0, 0.1) is 6.92 Å². The Morgan fingerprint density at radius 2 is 2.28 bits per heavy atom. The van der Waals surface area contributed by atoms with Gasteiger partial charge in [0, 0.05) is 23.6 Å². The Kier molecular flexibility index (Phi) is 3.67. The molecule has 4 nitrogen and oxygen atoms in total. The topological polar surface area (TPSA) is 65.1 Å². The molecule has 96 valence electrons. The molecule has 0 aliphatic rings. The van der Waals surface area contributed by atoms with E-state index in [2.05, 4.69) is 29.4 Å². The average Bonchev–Trinajstić information content (AvgIpc) is 2.74. The van der Waals surface area contributed by atoms with E-state index in [0.29, 0.717) is 6.54 Å². The second-order valence-electron chi connectivity index (χ2n) is 4.53. The first-order valence-electron chi connectivity index (χ1n) is 6.11. The van der Waals surface area contributed by atoms with Crippen LogP contribution >= 0.6 is 0 Å². The lowest BCUT2D eigenvalue weighted by Crippen LogP contribution is -2.33. The van der Waals surface area contributed by atoms with Crippen LogP contribution in [0.5, 0.6) is 0 Å². The largest absolute Gasteiger partial charge is 0.384 e. The molecule has 1 aromatic carbocycles. The summed E-state index contributed by atoms with van der Waals surface area (Å²) in [7, 11) is 0. The molecule has 0 saturated heterocycles. The first-order valence-corrected chi connectivity index (χ1v) is 6.11. The number of nitrogens with one attached hydrogen (secondary N) is 2. The summed E-state index contributed by atoms with van der Waals surface area (Å²) in [6.07, 6.45) is 1.78. The zero-order valence-corrected chi connectivity index (χ0v) is 10.7. The SMILES string of the molecule is Cc1cccc2c(CCNC(=O)C(C)O)c[nH]c12. The van der Waals surface area contributed by atoms with Crippen LogP contribution in [0.1, 0.15) is 18.1 Å². The van der Waals surface area contributed by atoms with Crippen LogP contribution in [-0.2, 0) is 11.2 Å². The summed E-state index contributed by atoms with van der Waals surface area (Å²) in [6, 6.07) is 6.17. The van der Waals surface area contributed by atoms with Crippen LogP contribution in [0.4, 0.5) is 0 Å². The van der Waals surface area contributed by atoms with Crippen molar-refractivity contribution in [3.63, 3.8) is 0 Å². The van der Waals surface area contributed by atoms with Crippen LogP contribution in [0.15, 0.2) is 24.4 Å². The van der Waals surface area contributed by atoms with Gasteiger partial charge in [-0.05, 0) is 31.4 Å². The molecule has 0 bridgehead atoms. The van der Waals surface area contributed by atoms with Crippen LogP contribution in [0.2, 0.25) is 0 Å². The van der Waals surface area contributed by atoms with Crippen molar-refractivity contribution < 1.29 is 9.90 Å². The molecule has 1 aromatic heterocycles. The van der Waals surface area contributed by atoms with Gasteiger partial charge in [0.25, 0.3) is 0 Å². The third kappa shape index (κ3) is 2.54. The maximum atomic E-state index is 11.2. The molecule has 0 aliphatic carbocycles. The number of aliphatic hydroxyl groups is 1. The molecule has 0 aliphatic heterocycles. The van der Waals surface area contributed by atoms with E-state index in [4.69, 9.17) is 5.11 Å². The van der Waals surface area contributed by atoms with Crippen LogP contribution in [0.3, 0.4) is 0 Å². The van der Waals surface area contributed by atoms with Gasteiger partial charge >= 0.3 is 0 Å². The number of H-pyrrole nitrogens is 1. The highest BCUT2D eigenvalue weighted by Gasteiger charge is 2.09. The summed E-state index contributed by atoms with van der Waals surface area (Å²) in [5, 5.41) is 13.0. The first kappa shape index (κ1) is 12.6. The van der Waals surface area contributed by atoms with Crippen LogP contribution in [0.25, 0.3) is 10.9 Å². The number of fused-ring (bicyclic) bond motifs is 1. The van der Waals surface area contributed by atoms with Crippen molar-refractivity contribution in [1.29, 1.82) is 0 Å². The van der Waals surface area contributed by atoms with Crippen LogP contribution in [-0.4, -0.2) is 28.6 Å². The molecule has 0 spiro atoms. The summed E-state index contributed by atoms with van der Waals surface area (Å²) in [5.41, 5.74) is 3.54. The number of hydrogen-bond donors (Lipinski definition) is 3. The number of aromatic nitrogens is 1. The zero-order valence-electron chi connectivity index (χ0n) is 10.7. The lowest BCUT2D eigenvalue weighted by Gasteiger charge is -2.06. The van der Waals surface area contributed by atoms with Gasteiger partial charge in [-0.2, -0.15) is 0 Å². The summed E-state index contributed by atoms with van der Waals surface area (Å²) >= 11 is 0. The van der Waals surface area contributed by atoms with E-state index in [0.717, 1.165) is 11.9 Å². The molecule has 2 rings (SSSR count). The third-order valence-electron chi connectivity index (χ3n) is 3.08. The fourth-order valence-corrected chi connectivity index (χ4v) is 2.04. The highest BCUT2D eigenvalue weighted by Crippen LogP contribution is 2.21. The maximum absolute atomic E-state index is 11.2. The van der Waals surface area contributed by atoms with Crippen molar-refractivity contribution in [2.75, 3.05) is 6.54 Å². The van der Waals surface area contributed by atoms with Crippen molar-refractivity contribution in [2.45, 2.75) is 26.4 Å². The molecule has 18 heavy (non-hydrogen) atoms. The minimum atomic E-state index is -0.949. The zero-order chi connectivity index (χ0) is 13.1. The Morgan fingerprint density at radius 3 is 3.00 bits per heavy atom. The molecular formula is C14H18N2O2. The smallest absolute Gasteiger partial charge is 0.248 e. The molecule has 4 heteroatoms. The van der Waals surface area contributed by atoms with E-state index in [-0.39, 0.29) is 5.91 Å². The Balaban J connectivity index is 2.05. The number of benzene rings is 1. The van der Waals surface area contributed by atoms with Gasteiger partial charge in [0.1, 0.15) is 6.10 Å². The number of aryl methyl sites for hydroxylation is 1. The molecular weight excluding hydrogens is 228 g/mol. The predicted molar refractivity (Wildman–Crippen MR) is 71.4 cm³/mol. The standard InChI is InChI=1S/C14H18N2O2/c1-9-4-3-5-12-11(8-16-13(9)12)6-7-15-14(18)10(2)17/h3-5,8,10,16-17H,6-7H2,1-2H3,(H,15,18). The molecule has 0 radical (unpaired) electrons. The molecule has 0 fully saturated rings. The molecule has 1 unspecified atom stereocenters. The van der Waals surface area contributed by atoms with Gasteiger partial charge < -0.3 is 15.4 Å². The van der Waals surface area contributed by atoms with Gasteiger partial charge in [0.05, 0.1) is 0 Å². The van der Waals surface area contributed by atoms with Gasteiger partial charge in [-0.3, -0.25) is 4.79 Å². The Hall–Kier alpha value is -1.81. The summed E-state index contributed by atoms with van der Waals surface area (Å²) in [4.78, 5) is 14.5. The van der Waals surface area contributed by atoms with Gasteiger partial charge in [-0.25, -0.2) is 0 Å². The number of carbonyl (C=O) groups excluding carboxylic acids is 1. The molecule has 0 saturated carbocycles. The monoisotopic (exact) mass is 246 g/mol. The number of amides is 1. The number of aliphatic hydroxyl groups excluding tert-OH is 1. The van der Waals surface area contributed by atoms with Gasteiger partial charge in [-0.15, -0.1) is 0 Å². The molecule has 3 N–H and O–H groups in total. The first-order chi connectivity index (χ1) is 8.59. The van der Waals surface area contributed by atoms with E-state index in [1.165, 1.54) is 23.4 Å². The molecule has 2 aromatic rings. The number of rotatable bonds is 4. The minimum absolute atomic E-state index is 0.328. The fraction of sp³-hybridized carbons (Fsp3) is 0.357. The minimum Gasteiger partial charge on any atom is -0.384 e. The van der Waals surface area contributed by atoms with E-state index < -0.39 is 6.10 Å². The van der Waals surface area contributed by atoms with Crippen molar-refractivity contribution in [3.8, 4) is 0 Å². The maximum Gasteiger partial charge on any atom is 0.248 e. The van der Waals surface area contributed by atoms with Crippen LogP contribution < -0.4 is 5.32 Å². The van der Waals surface area contributed by atoms with Crippen molar-refractivity contribution >= 4 is 16.8 Å². The Bertz CT molecular complexity index is 558. The highest BCUT2D eigenvalue weighted by molar-refractivity contribution is 5.86. The lowest BCUT2D eigenvalue weighted by molar-refractivity contribution is -0.128. The number of hydrogen-bond acceptors (Lipinski definition) is 2. The number of para-hydroxylation sites is 1. The molecule has 1 atom stereocenters. The summed E-state index contributed by atoms with van der Waals surface area (Å²) in [5.74, 6) is -0.328. The Morgan fingerprint density at radius 1 is 1.50 bits per heavy atom. The highest BCUT2D eigenvalue weighted by atomic mass is 16.3. The van der Waals surface area contributed by atoms with E-state index in [9.17, 15) is 4.79 Å². The van der Waals surface area contributed by atoms with Gasteiger partial charge in [0.2, 0.25) is 5.91 Å². The summed E-state index contributed by atoms with van der Waals surface area (Å²) in [6.45, 7) is 4.06. The van der Waals surface area contributed by atoms with Gasteiger partial charge in [0.15, 0.2) is 0 Å². The second-order valence-corrected chi connectivity index (χ2v) is 4.53. The normalized spacial score (nSPS) is 12.6.